The van der Waals surface area contributed by atoms with Gasteiger partial charge in [-0.05, 0) is 12.1 Å². The fourth-order valence-corrected chi connectivity index (χ4v) is 1.57. The van der Waals surface area contributed by atoms with Crippen LogP contribution in [0.1, 0.15) is 0 Å². The Labute approximate surface area is 125 Å². The number of hydrogen-bond acceptors (Lipinski definition) is 5. The zero-order chi connectivity index (χ0) is 13.9. The van der Waals surface area contributed by atoms with Crippen LogP contribution in [0.3, 0.4) is 0 Å². The number of benzene rings is 1. The fourth-order valence-electron chi connectivity index (χ4n) is 1.26. The summed E-state index contributed by atoms with van der Waals surface area (Å²) in [4.78, 5) is 10.0. The molecule has 0 heterocycles. The van der Waals surface area contributed by atoms with Crippen molar-refractivity contribution in [2.24, 2.45) is 0 Å². The average molecular weight is 381 g/mol. The maximum Gasteiger partial charge on any atom is 0.269 e. The molecular formula is C12H16INO5. The molecular weight excluding hydrogens is 365 g/mol. The summed E-state index contributed by atoms with van der Waals surface area (Å²) >= 11 is 2.25. The van der Waals surface area contributed by atoms with Crippen LogP contribution in [0.4, 0.5) is 5.69 Å². The summed E-state index contributed by atoms with van der Waals surface area (Å²) in [5.74, 6) is 0.593. The molecule has 7 heteroatoms. The SMILES string of the molecule is O=[N+]([O-])c1ccc(OCCOCCOCCI)cc1. The van der Waals surface area contributed by atoms with Crippen molar-refractivity contribution in [2.75, 3.05) is 37.5 Å². The molecule has 0 N–H and O–H groups in total. The molecule has 0 radical (unpaired) electrons. The first kappa shape index (κ1) is 16.1. The lowest BCUT2D eigenvalue weighted by molar-refractivity contribution is -0.384. The fraction of sp³-hybridized carbons (Fsp3) is 0.500. The van der Waals surface area contributed by atoms with E-state index >= 15 is 0 Å². The number of non-ortho nitro benzene ring substituents is 1. The van der Waals surface area contributed by atoms with Gasteiger partial charge in [0.25, 0.3) is 5.69 Å². The second-order valence-electron chi connectivity index (χ2n) is 3.51. The molecule has 1 rings (SSSR count). The third-order valence-electron chi connectivity index (χ3n) is 2.14. The molecule has 0 spiro atoms. The van der Waals surface area contributed by atoms with E-state index in [-0.39, 0.29) is 5.69 Å². The summed E-state index contributed by atoms with van der Waals surface area (Å²) < 4.78 is 16.9. The molecule has 0 fully saturated rings. The van der Waals surface area contributed by atoms with Gasteiger partial charge in [-0.3, -0.25) is 10.1 Å². The Kier molecular flexibility index (Phi) is 8.43. The quantitative estimate of drug-likeness (QED) is 0.205. The lowest BCUT2D eigenvalue weighted by atomic mass is 10.3. The van der Waals surface area contributed by atoms with Crippen LogP contribution in [0.25, 0.3) is 0 Å². The third kappa shape index (κ3) is 7.28. The Morgan fingerprint density at radius 2 is 1.58 bits per heavy atom. The minimum Gasteiger partial charge on any atom is -0.491 e. The predicted molar refractivity (Wildman–Crippen MR) is 79.1 cm³/mol. The Morgan fingerprint density at radius 3 is 2.16 bits per heavy atom. The molecule has 1 aromatic rings. The van der Waals surface area contributed by atoms with Crippen LogP contribution >= 0.6 is 22.6 Å². The lowest BCUT2D eigenvalue weighted by Crippen LogP contribution is -2.11. The van der Waals surface area contributed by atoms with Gasteiger partial charge in [0.1, 0.15) is 12.4 Å². The van der Waals surface area contributed by atoms with Crippen LogP contribution < -0.4 is 4.74 Å². The highest BCUT2D eigenvalue weighted by atomic mass is 127. The van der Waals surface area contributed by atoms with Gasteiger partial charge in [-0.1, -0.05) is 22.6 Å². The monoisotopic (exact) mass is 381 g/mol. The molecule has 0 saturated heterocycles. The van der Waals surface area contributed by atoms with E-state index in [9.17, 15) is 10.1 Å². The maximum atomic E-state index is 10.5. The molecule has 0 aliphatic heterocycles. The molecule has 6 nitrogen and oxygen atoms in total. The van der Waals surface area contributed by atoms with Crippen LogP contribution in [-0.4, -0.2) is 42.4 Å². The van der Waals surface area contributed by atoms with Crippen molar-refractivity contribution in [1.29, 1.82) is 0 Å². The first-order chi connectivity index (χ1) is 9.24. The lowest BCUT2D eigenvalue weighted by Gasteiger charge is -2.07. The van der Waals surface area contributed by atoms with E-state index < -0.39 is 4.92 Å². The first-order valence-corrected chi connectivity index (χ1v) is 7.35. The Bertz CT molecular complexity index is 371. The highest BCUT2D eigenvalue weighted by Crippen LogP contribution is 2.16. The minimum atomic E-state index is -0.442. The smallest absolute Gasteiger partial charge is 0.269 e. The predicted octanol–water partition coefficient (Wildman–Crippen LogP) is 2.44. The standard InChI is InChI=1S/C12H16INO5/c13-5-6-17-7-8-18-9-10-19-12-3-1-11(2-4-12)14(15)16/h1-4H,5-10H2. The zero-order valence-electron chi connectivity index (χ0n) is 10.4. The number of hydrogen-bond donors (Lipinski definition) is 0. The molecule has 0 aromatic heterocycles. The first-order valence-electron chi connectivity index (χ1n) is 5.82. The van der Waals surface area contributed by atoms with E-state index in [1.54, 1.807) is 12.1 Å². The van der Waals surface area contributed by atoms with Gasteiger partial charge < -0.3 is 14.2 Å². The number of nitro benzene ring substituents is 1. The number of nitro groups is 1. The van der Waals surface area contributed by atoms with E-state index in [4.69, 9.17) is 14.2 Å². The summed E-state index contributed by atoms with van der Waals surface area (Å²) in [5.41, 5.74) is 0.0519. The number of rotatable bonds is 10. The third-order valence-corrected chi connectivity index (χ3v) is 2.58. The van der Waals surface area contributed by atoms with Gasteiger partial charge in [-0.25, -0.2) is 0 Å². The summed E-state index contributed by atoms with van der Waals surface area (Å²) in [6.45, 7) is 2.73. The van der Waals surface area contributed by atoms with Crippen molar-refractivity contribution in [3.05, 3.63) is 34.4 Å². The number of ether oxygens (including phenoxy) is 3. The highest BCUT2D eigenvalue weighted by Gasteiger charge is 2.03. The summed E-state index contributed by atoms with van der Waals surface area (Å²) in [6.07, 6.45) is 0. The van der Waals surface area contributed by atoms with Crippen molar-refractivity contribution in [3.8, 4) is 5.75 Å². The number of nitrogens with zero attached hydrogens (tertiary/aromatic N) is 1. The van der Waals surface area contributed by atoms with E-state index in [1.165, 1.54) is 12.1 Å². The van der Waals surface area contributed by atoms with E-state index in [1.807, 2.05) is 0 Å². The second-order valence-corrected chi connectivity index (χ2v) is 4.59. The molecule has 0 saturated carbocycles. The van der Waals surface area contributed by atoms with Gasteiger partial charge in [0.2, 0.25) is 0 Å². The largest absolute Gasteiger partial charge is 0.491 e. The highest BCUT2D eigenvalue weighted by molar-refractivity contribution is 14.1. The van der Waals surface area contributed by atoms with Gasteiger partial charge in [-0.2, -0.15) is 0 Å². The van der Waals surface area contributed by atoms with Crippen molar-refractivity contribution in [3.63, 3.8) is 0 Å². The Hall–Kier alpha value is -0.930. The maximum absolute atomic E-state index is 10.5. The summed E-state index contributed by atoms with van der Waals surface area (Å²) in [6, 6.07) is 5.96. The van der Waals surface area contributed by atoms with Crippen molar-refractivity contribution in [2.45, 2.75) is 0 Å². The molecule has 0 unspecified atom stereocenters. The van der Waals surface area contributed by atoms with Gasteiger partial charge in [0, 0.05) is 16.6 Å². The summed E-state index contributed by atoms with van der Waals surface area (Å²) in [5, 5.41) is 10.5. The van der Waals surface area contributed by atoms with E-state index in [0.717, 1.165) is 11.0 Å². The van der Waals surface area contributed by atoms with Gasteiger partial charge >= 0.3 is 0 Å². The van der Waals surface area contributed by atoms with Crippen LogP contribution in [0.5, 0.6) is 5.75 Å². The van der Waals surface area contributed by atoms with Gasteiger partial charge in [0.05, 0.1) is 31.4 Å². The zero-order valence-corrected chi connectivity index (χ0v) is 12.6. The molecule has 0 atom stereocenters. The molecule has 19 heavy (non-hydrogen) atoms. The average Bonchev–Trinajstić information content (AvgIpc) is 2.42. The van der Waals surface area contributed by atoms with Gasteiger partial charge in [-0.15, -0.1) is 0 Å². The molecule has 0 aliphatic carbocycles. The molecule has 1 aromatic carbocycles. The van der Waals surface area contributed by atoms with Crippen molar-refractivity contribution in [1.82, 2.24) is 0 Å². The van der Waals surface area contributed by atoms with Crippen LogP contribution in [0, 0.1) is 10.1 Å². The Balaban J connectivity index is 2.07. The van der Waals surface area contributed by atoms with Crippen LogP contribution in [0.15, 0.2) is 24.3 Å². The van der Waals surface area contributed by atoms with Crippen molar-refractivity contribution >= 4 is 28.3 Å². The molecule has 0 aliphatic rings. The molecule has 0 bridgehead atoms. The number of alkyl halides is 1. The Morgan fingerprint density at radius 1 is 1.00 bits per heavy atom. The van der Waals surface area contributed by atoms with Crippen molar-refractivity contribution < 1.29 is 19.1 Å². The topological polar surface area (TPSA) is 70.8 Å². The van der Waals surface area contributed by atoms with E-state index in [2.05, 4.69) is 22.6 Å². The summed E-state index contributed by atoms with van der Waals surface area (Å²) in [7, 11) is 0. The normalized spacial score (nSPS) is 10.4. The number of halogens is 1. The minimum absolute atomic E-state index is 0.0519. The van der Waals surface area contributed by atoms with Crippen LogP contribution in [0.2, 0.25) is 0 Å². The second kappa shape index (κ2) is 9.93. The molecule has 106 valence electrons. The van der Waals surface area contributed by atoms with Crippen LogP contribution in [-0.2, 0) is 9.47 Å². The van der Waals surface area contributed by atoms with E-state index in [0.29, 0.717) is 32.2 Å². The van der Waals surface area contributed by atoms with Gasteiger partial charge in [0.15, 0.2) is 0 Å². The molecule has 0 amide bonds.